The first-order valence-electron chi connectivity index (χ1n) is 3.17. The van der Waals surface area contributed by atoms with Crippen LogP contribution < -0.4 is 5.32 Å². The molecule has 0 saturated carbocycles. The van der Waals surface area contributed by atoms with Crippen LogP contribution in [0.1, 0.15) is 6.92 Å². The van der Waals surface area contributed by atoms with E-state index in [1.54, 1.807) is 13.2 Å². The molecule has 0 bridgehead atoms. The van der Waals surface area contributed by atoms with Gasteiger partial charge in [0, 0.05) is 29.4 Å². The Morgan fingerprint density at radius 3 is 2.73 bits per heavy atom. The van der Waals surface area contributed by atoms with Gasteiger partial charge in [-0.1, -0.05) is 5.92 Å². The SMILES string of the molecule is CC#CC(=O)NCCS(C)=O. The predicted molar refractivity (Wildman–Crippen MR) is 45.4 cm³/mol. The molecule has 0 aromatic carbocycles. The number of carbonyl (C=O) groups is 1. The highest BCUT2D eigenvalue weighted by Gasteiger charge is 1.94. The summed E-state index contributed by atoms with van der Waals surface area (Å²) in [6, 6.07) is 0. The number of rotatable bonds is 3. The van der Waals surface area contributed by atoms with Crippen molar-refractivity contribution in [3.05, 3.63) is 0 Å². The van der Waals surface area contributed by atoms with E-state index in [-0.39, 0.29) is 5.91 Å². The molecule has 0 fully saturated rings. The van der Waals surface area contributed by atoms with Crippen molar-refractivity contribution in [3.63, 3.8) is 0 Å². The van der Waals surface area contributed by atoms with Crippen LogP contribution in [0.15, 0.2) is 0 Å². The summed E-state index contributed by atoms with van der Waals surface area (Å²) >= 11 is 0. The van der Waals surface area contributed by atoms with Gasteiger partial charge in [-0.25, -0.2) is 0 Å². The van der Waals surface area contributed by atoms with Crippen LogP contribution in [0.5, 0.6) is 0 Å². The second-order valence-electron chi connectivity index (χ2n) is 1.91. The van der Waals surface area contributed by atoms with Gasteiger partial charge < -0.3 is 5.32 Å². The van der Waals surface area contributed by atoms with Crippen molar-refractivity contribution in [1.29, 1.82) is 0 Å². The first kappa shape index (κ1) is 10.2. The van der Waals surface area contributed by atoms with Crippen molar-refractivity contribution in [3.8, 4) is 11.8 Å². The first-order chi connectivity index (χ1) is 5.16. The molecule has 0 aliphatic heterocycles. The third-order valence-electron chi connectivity index (χ3n) is 0.914. The van der Waals surface area contributed by atoms with Crippen LogP contribution in [0.2, 0.25) is 0 Å². The van der Waals surface area contributed by atoms with E-state index in [0.29, 0.717) is 12.3 Å². The molecule has 0 aliphatic rings. The minimum absolute atomic E-state index is 0.307. The largest absolute Gasteiger partial charge is 0.344 e. The zero-order chi connectivity index (χ0) is 8.69. The summed E-state index contributed by atoms with van der Waals surface area (Å²) in [4.78, 5) is 10.6. The van der Waals surface area contributed by atoms with Gasteiger partial charge in [0.2, 0.25) is 0 Å². The lowest BCUT2D eigenvalue weighted by molar-refractivity contribution is -0.115. The molecule has 1 atom stereocenters. The number of amides is 1. The van der Waals surface area contributed by atoms with Gasteiger partial charge >= 0.3 is 0 Å². The predicted octanol–water partition coefficient (Wildman–Crippen LogP) is -0.496. The van der Waals surface area contributed by atoms with Gasteiger partial charge in [0.1, 0.15) is 0 Å². The van der Waals surface area contributed by atoms with Gasteiger partial charge in [0.15, 0.2) is 0 Å². The molecule has 4 heteroatoms. The molecule has 0 heterocycles. The number of hydrogen-bond acceptors (Lipinski definition) is 2. The maximum atomic E-state index is 10.6. The topological polar surface area (TPSA) is 46.2 Å². The van der Waals surface area contributed by atoms with E-state index in [0.717, 1.165) is 0 Å². The fraction of sp³-hybridized carbons (Fsp3) is 0.571. The molecule has 0 rings (SSSR count). The Bertz CT molecular complexity index is 214. The molecule has 0 spiro atoms. The van der Waals surface area contributed by atoms with Gasteiger partial charge in [-0.15, -0.1) is 0 Å². The van der Waals surface area contributed by atoms with Crippen molar-refractivity contribution < 1.29 is 9.00 Å². The normalized spacial score (nSPS) is 11.1. The van der Waals surface area contributed by atoms with E-state index in [4.69, 9.17) is 0 Å². The Morgan fingerprint density at radius 2 is 2.27 bits per heavy atom. The van der Waals surface area contributed by atoms with E-state index >= 15 is 0 Å². The van der Waals surface area contributed by atoms with E-state index in [1.807, 2.05) is 0 Å². The molecule has 3 nitrogen and oxygen atoms in total. The molecule has 0 saturated heterocycles. The first-order valence-corrected chi connectivity index (χ1v) is 4.90. The maximum Gasteiger partial charge on any atom is 0.295 e. The van der Waals surface area contributed by atoms with Crippen LogP contribution in [0, 0.1) is 11.8 Å². The van der Waals surface area contributed by atoms with Crippen molar-refractivity contribution in [2.75, 3.05) is 18.6 Å². The molecule has 1 N–H and O–H groups in total. The summed E-state index contributed by atoms with van der Waals surface area (Å²) < 4.78 is 10.5. The van der Waals surface area contributed by atoms with Crippen LogP contribution >= 0.6 is 0 Å². The standard InChI is InChI=1S/C7H11NO2S/c1-3-4-7(9)8-5-6-11(2)10/h5-6H2,1-2H3,(H,8,9). The third-order valence-corrected chi connectivity index (χ3v) is 1.69. The zero-order valence-corrected chi connectivity index (χ0v) is 7.46. The highest BCUT2D eigenvalue weighted by molar-refractivity contribution is 7.84. The second kappa shape index (κ2) is 5.93. The maximum absolute atomic E-state index is 10.6. The zero-order valence-electron chi connectivity index (χ0n) is 6.64. The highest BCUT2D eigenvalue weighted by Crippen LogP contribution is 1.71. The van der Waals surface area contributed by atoms with Crippen molar-refractivity contribution >= 4 is 16.7 Å². The Kier molecular flexibility index (Phi) is 5.49. The quantitative estimate of drug-likeness (QED) is 0.585. The summed E-state index contributed by atoms with van der Waals surface area (Å²) in [6.45, 7) is 2.02. The van der Waals surface area contributed by atoms with Crippen LogP contribution in [0.25, 0.3) is 0 Å². The van der Waals surface area contributed by atoms with Gasteiger partial charge in [-0.2, -0.15) is 0 Å². The monoisotopic (exact) mass is 173 g/mol. The highest BCUT2D eigenvalue weighted by atomic mass is 32.2. The van der Waals surface area contributed by atoms with Gasteiger partial charge in [0.25, 0.3) is 5.91 Å². The summed E-state index contributed by atoms with van der Waals surface area (Å²) in [7, 11) is -0.849. The lowest BCUT2D eigenvalue weighted by Gasteiger charge is -1.96. The summed E-state index contributed by atoms with van der Waals surface area (Å²) in [6.07, 6.45) is 1.59. The van der Waals surface area contributed by atoms with E-state index in [2.05, 4.69) is 17.2 Å². The average molecular weight is 173 g/mol. The van der Waals surface area contributed by atoms with E-state index in [1.165, 1.54) is 0 Å². The molecule has 0 radical (unpaired) electrons. The third kappa shape index (κ3) is 7.07. The molecular formula is C7H11NO2S. The molecular weight excluding hydrogens is 162 g/mol. The van der Waals surface area contributed by atoms with Crippen molar-refractivity contribution in [2.45, 2.75) is 6.92 Å². The van der Waals surface area contributed by atoms with Gasteiger partial charge in [0.05, 0.1) is 0 Å². The van der Waals surface area contributed by atoms with E-state index < -0.39 is 10.8 Å². The Balaban J connectivity index is 3.44. The average Bonchev–Trinajstić information content (AvgIpc) is 1.87. The van der Waals surface area contributed by atoms with E-state index in [9.17, 15) is 9.00 Å². The molecule has 1 amide bonds. The minimum Gasteiger partial charge on any atom is -0.344 e. The Morgan fingerprint density at radius 1 is 1.64 bits per heavy atom. The molecule has 1 unspecified atom stereocenters. The lowest BCUT2D eigenvalue weighted by atomic mass is 10.5. The second-order valence-corrected chi connectivity index (χ2v) is 3.46. The van der Waals surface area contributed by atoms with Gasteiger partial charge in [-0.05, 0) is 12.8 Å². The Labute approximate surface area is 69.0 Å². The fourth-order valence-corrected chi connectivity index (χ4v) is 0.856. The van der Waals surface area contributed by atoms with Crippen LogP contribution in [0.4, 0.5) is 0 Å². The molecule has 0 aromatic heterocycles. The summed E-state index contributed by atoms with van der Waals surface area (Å²) in [5.74, 6) is 4.96. The smallest absolute Gasteiger partial charge is 0.295 e. The number of carbonyl (C=O) groups excluding carboxylic acids is 1. The number of nitrogens with one attached hydrogen (secondary N) is 1. The number of hydrogen-bond donors (Lipinski definition) is 1. The summed E-state index contributed by atoms with van der Waals surface area (Å²) in [5.41, 5.74) is 0. The van der Waals surface area contributed by atoms with Gasteiger partial charge in [-0.3, -0.25) is 9.00 Å². The molecule has 0 aromatic rings. The molecule has 0 aliphatic carbocycles. The van der Waals surface area contributed by atoms with Crippen LogP contribution in [-0.2, 0) is 15.6 Å². The lowest BCUT2D eigenvalue weighted by Crippen LogP contribution is -2.25. The minimum atomic E-state index is -0.849. The Hall–Kier alpha value is -0.820. The van der Waals surface area contributed by atoms with Crippen molar-refractivity contribution in [1.82, 2.24) is 5.32 Å². The van der Waals surface area contributed by atoms with Crippen molar-refractivity contribution in [2.24, 2.45) is 0 Å². The molecule has 11 heavy (non-hydrogen) atoms. The molecule has 62 valence electrons. The van der Waals surface area contributed by atoms with Crippen LogP contribution in [0.3, 0.4) is 0 Å². The summed E-state index contributed by atoms with van der Waals surface area (Å²) in [5, 5.41) is 2.51. The van der Waals surface area contributed by atoms with Crippen LogP contribution in [-0.4, -0.2) is 28.7 Å². The fourth-order valence-electron chi connectivity index (χ4n) is 0.466.